The van der Waals surface area contributed by atoms with E-state index in [2.05, 4.69) is 10.3 Å². The molecule has 1 amide bonds. The minimum Gasteiger partial charge on any atom is -0.350 e. The first kappa shape index (κ1) is 15.7. The summed E-state index contributed by atoms with van der Waals surface area (Å²) in [5.41, 5.74) is 1.29. The van der Waals surface area contributed by atoms with Crippen molar-refractivity contribution in [3.8, 4) is 0 Å². The Bertz CT molecular complexity index is 635. The highest BCUT2D eigenvalue weighted by Gasteiger charge is 2.08. The predicted octanol–water partition coefficient (Wildman–Crippen LogP) is 2.41. The van der Waals surface area contributed by atoms with Crippen molar-refractivity contribution in [2.24, 2.45) is 0 Å². The number of rotatable bonds is 6. The minimum atomic E-state index is -1.01. The monoisotopic (exact) mass is 322 g/mol. The molecule has 0 saturated heterocycles. The van der Waals surface area contributed by atoms with Gasteiger partial charge in [0.2, 0.25) is 0 Å². The van der Waals surface area contributed by atoms with E-state index < -0.39 is 10.8 Å². The molecule has 1 atom stereocenters. The van der Waals surface area contributed by atoms with E-state index in [-0.39, 0.29) is 16.8 Å². The van der Waals surface area contributed by atoms with Gasteiger partial charge in [0.15, 0.2) is 0 Å². The van der Waals surface area contributed by atoms with Crippen molar-refractivity contribution in [1.82, 2.24) is 10.3 Å². The maximum Gasteiger partial charge on any atom is 0.269 e. The largest absolute Gasteiger partial charge is 0.350 e. The molecule has 0 aliphatic rings. The van der Waals surface area contributed by atoms with E-state index >= 15 is 0 Å². The Labute approximate surface area is 131 Å². The van der Waals surface area contributed by atoms with Crippen molar-refractivity contribution >= 4 is 28.3 Å². The van der Waals surface area contributed by atoms with Gasteiger partial charge >= 0.3 is 0 Å². The smallest absolute Gasteiger partial charge is 0.269 e. The fraction of sp³-hybridized carbons (Fsp3) is 0.200. The van der Waals surface area contributed by atoms with E-state index in [1.54, 1.807) is 18.2 Å². The zero-order valence-corrected chi connectivity index (χ0v) is 12.9. The maximum absolute atomic E-state index is 11.9. The molecule has 0 radical (unpaired) electrons. The normalized spacial score (nSPS) is 11.9. The first-order valence-corrected chi connectivity index (χ1v) is 8.31. The minimum absolute atomic E-state index is 0.261. The fourth-order valence-electron chi connectivity index (χ4n) is 1.74. The summed E-state index contributed by atoms with van der Waals surface area (Å²) in [5.74, 6) is 0.585. The maximum atomic E-state index is 11.9. The Kier molecular flexibility index (Phi) is 5.90. The average molecular weight is 323 g/mol. The number of carbonyl (C=O) groups excluding carboxylic acids is 1. The standard InChI is InChI=1S/C15H15ClN2O2S/c16-14-8-4-7-13(18-14)15(19)17-9-10-21(20)11-12-5-2-1-3-6-12/h1-8H,9-11H2,(H,17,19). The summed E-state index contributed by atoms with van der Waals surface area (Å²) in [6.45, 7) is 0.340. The lowest BCUT2D eigenvalue weighted by molar-refractivity contribution is 0.0951. The first-order chi connectivity index (χ1) is 10.1. The van der Waals surface area contributed by atoms with Crippen molar-refractivity contribution in [1.29, 1.82) is 0 Å². The second-order valence-corrected chi connectivity index (χ2v) is 6.34. The quantitative estimate of drug-likeness (QED) is 0.831. The van der Waals surface area contributed by atoms with Gasteiger partial charge in [-0.15, -0.1) is 0 Å². The fourth-order valence-corrected chi connectivity index (χ4v) is 2.94. The summed E-state index contributed by atoms with van der Waals surface area (Å²) in [4.78, 5) is 15.7. The van der Waals surface area contributed by atoms with Crippen LogP contribution in [0.5, 0.6) is 0 Å². The van der Waals surface area contributed by atoms with E-state index in [4.69, 9.17) is 11.6 Å². The van der Waals surface area contributed by atoms with E-state index in [1.165, 1.54) is 0 Å². The molecule has 4 nitrogen and oxygen atoms in total. The highest BCUT2D eigenvalue weighted by molar-refractivity contribution is 7.84. The second kappa shape index (κ2) is 7.90. The molecule has 21 heavy (non-hydrogen) atoms. The number of nitrogens with one attached hydrogen (secondary N) is 1. The predicted molar refractivity (Wildman–Crippen MR) is 84.7 cm³/mol. The van der Waals surface area contributed by atoms with Gasteiger partial charge in [-0.1, -0.05) is 48.0 Å². The van der Waals surface area contributed by atoms with E-state index in [0.29, 0.717) is 18.1 Å². The molecular formula is C15H15ClN2O2S. The van der Waals surface area contributed by atoms with Crippen LogP contribution in [-0.2, 0) is 16.6 Å². The van der Waals surface area contributed by atoms with Crippen LogP contribution in [0.2, 0.25) is 5.15 Å². The van der Waals surface area contributed by atoms with Gasteiger partial charge in [-0.2, -0.15) is 0 Å². The van der Waals surface area contributed by atoms with Gasteiger partial charge in [-0.3, -0.25) is 9.00 Å². The molecule has 2 aromatic rings. The van der Waals surface area contributed by atoms with Crippen LogP contribution in [-0.4, -0.2) is 27.4 Å². The number of halogens is 1. The van der Waals surface area contributed by atoms with E-state index in [9.17, 15) is 9.00 Å². The van der Waals surface area contributed by atoms with Crippen LogP contribution in [0.1, 0.15) is 16.1 Å². The highest BCUT2D eigenvalue weighted by Crippen LogP contribution is 2.05. The molecule has 0 aliphatic heterocycles. The lowest BCUT2D eigenvalue weighted by Crippen LogP contribution is -2.28. The summed E-state index contributed by atoms with van der Waals surface area (Å²) in [6, 6.07) is 14.5. The molecule has 0 saturated carbocycles. The molecule has 1 unspecified atom stereocenters. The molecule has 1 aromatic heterocycles. The molecule has 0 aliphatic carbocycles. The molecule has 0 spiro atoms. The first-order valence-electron chi connectivity index (χ1n) is 6.45. The Balaban J connectivity index is 1.76. The molecule has 0 bridgehead atoms. The van der Waals surface area contributed by atoms with Crippen LogP contribution in [0.15, 0.2) is 48.5 Å². The van der Waals surface area contributed by atoms with Gasteiger partial charge in [0.1, 0.15) is 10.8 Å². The Hall–Kier alpha value is -1.72. The van der Waals surface area contributed by atoms with Gasteiger partial charge < -0.3 is 5.32 Å². The third-order valence-electron chi connectivity index (χ3n) is 2.73. The number of hydrogen-bond acceptors (Lipinski definition) is 3. The van der Waals surface area contributed by atoms with Crippen molar-refractivity contribution < 1.29 is 9.00 Å². The third kappa shape index (κ3) is 5.28. The zero-order valence-electron chi connectivity index (χ0n) is 11.3. The van der Waals surface area contributed by atoms with Crippen LogP contribution >= 0.6 is 11.6 Å². The lowest BCUT2D eigenvalue weighted by atomic mass is 10.2. The van der Waals surface area contributed by atoms with E-state index in [1.807, 2.05) is 30.3 Å². The van der Waals surface area contributed by atoms with Crippen LogP contribution in [0, 0.1) is 0 Å². The topological polar surface area (TPSA) is 59.1 Å². The van der Waals surface area contributed by atoms with Crippen molar-refractivity contribution in [3.05, 3.63) is 64.9 Å². The van der Waals surface area contributed by atoms with Crippen molar-refractivity contribution in [2.45, 2.75) is 5.75 Å². The van der Waals surface area contributed by atoms with Crippen LogP contribution < -0.4 is 5.32 Å². The molecule has 6 heteroatoms. The summed E-state index contributed by atoms with van der Waals surface area (Å²) in [5, 5.41) is 2.96. The third-order valence-corrected chi connectivity index (χ3v) is 4.26. The number of aromatic nitrogens is 1. The van der Waals surface area contributed by atoms with Gasteiger partial charge in [-0.05, 0) is 17.7 Å². The Morgan fingerprint density at radius 1 is 1.14 bits per heavy atom. The summed E-state index contributed by atoms with van der Waals surface area (Å²) < 4.78 is 11.9. The number of pyridine rings is 1. The van der Waals surface area contributed by atoms with Gasteiger partial charge in [0, 0.05) is 28.9 Å². The van der Waals surface area contributed by atoms with Crippen LogP contribution in [0.3, 0.4) is 0 Å². The number of amides is 1. The molecule has 1 N–H and O–H groups in total. The van der Waals surface area contributed by atoms with Gasteiger partial charge in [0.05, 0.1) is 0 Å². The zero-order chi connectivity index (χ0) is 15.1. The van der Waals surface area contributed by atoms with Crippen molar-refractivity contribution in [2.75, 3.05) is 12.3 Å². The molecule has 1 heterocycles. The summed E-state index contributed by atoms with van der Waals surface area (Å²) in [6.07, 6.45) is 0. The average Bonchev–Trinajstić information content (AvgIpc) is 2.48. The number of carbonyl (C=O) groups is 1. The SMILES string of the molecule is O=C(NCCS(=O)Cc1ccccc1)c1cccc(Cl)n1. The molecular weight excluding hydrogens is 308 g/mol. The highest BCUT2D eigenvalue weighted by atomic mass is 35.5. The number of nitrogens with zero attached hydrogens (tertiary/aromatic N) is 1. The molecule has 1 aromatic carbocycles. The van der Waals surface area contributed by atoms with Crippen LogP contribution in [0.25, 0.3) is 0 Å². The second-order valence-electron chi connectivity index (χ2n) is 4.38. The molecule has 110 valence electrons. The summed E-state index contributed by atoms with van der Waals surface area (Å²) >= 11 is 5.72. The van der Waals surface area contributed by atoms with E-state index in [0.717, 1.165) is 5.56 Å². The number of hydrogen-bond donors (Lipinski definition) is 1. The Morgan fingerprint density at radius 2 is 1.90 bits per heavy atom. The van der Waals surface area contributed by atoms with Gasteiger partial charge in [0.25, 0.3) is 5.91 Å². The number of benzene rings is 1. The molecule has 2 rings (SSSR count). The summed E-state index contributed by atoms with van der Waals surface area (Å²) in [7, 11) is -1.01. The van der Waals surface area contributed by atoms with Gasteiger partial charge in [-0.25, -0.2) is 4.98 Å². The Morgan fingerprint density at radius 3 is 2.62 bits per heavy atom. The lowest BCUT2D eigenvalue weighted by Gasteiger charge is -2.05. The van der Waals surface area contributed by atoms with Crippen LogP contribution in [0.4, 0.5) is 0 Å². The molecule has 0 fully saturated rings. The van der Waals surface area contributed by atoms with Crippen molar-refractivity contribution in [3.63, 3.8) is 0 Å².